The number of furan rings is 1. The van der Waals surface area contributed by atoms with Gasteiger partial charge in [-0.05, 0) is 36.4 Å². The van der Waals surface area contributed by atoms with Crippen LogP contribution in [0.5, 0.6) is 0 Å². The van der Waals surface area contributed by atoms with E-state index in [9.17, 15) is 14.0 Å². The van der Waals surface area contributed by atoms with Crippen LogP contribution in [0, 0.1) is 11.7 Å². The van der Waals surface area contributed by atoms with Crippen LogP contribution in [0.2, 0.25) is 0 Å². The Hall–Kier alpha value is -4.20. The first kappa shape index (κ1) is 23.0. The van der Waals surface area contributed by atoms with Crippen molar-refractivity contribution in [2.45, 2.75) is 20.4 Å². The van der Waals surface area contributed by atoms with Crippen molar-refractivity contribution in [2.24, 2.45) is 5.92 Å². The number of aromatic nitrogens is 2. The van der Waals surface area contributed by atoms with E-state index in [2.05, 4.69) is 10.3 Å². The van der Waals surface area contributed by atoms with Gasteiger partial charge in [0.25, 0.3) is 0 Å². The molecular formula is C26H25FN4O3. The molecule has 0 saturated heterocycles. The molecule has 0 radical (unpaired) electrons. The lowest BCUT2D eigenvalue weighted by Gasteiger charge is -2.23. The number of benzene rings is 2. The topological polar surface area (TPSA) is 80.4 Å². The van der Waals surface area contributed by atoms with Crippen LogP contribution in [0.15, 0.2) is 83.6 Å². The zero-order chi connectivity index (χ0) is 24.1. The summed E-state index contributed by atoms with van der Waals surface area (Å²) < 4.78 is 20.5. The Labute approximate surface area is 196 Å². The molecule has 0 aliphatic rings. The molecule has 2 heterocycles. The van der Waals surface area contributed by atoms with Gasteiger partial charge in [-0.15, -0.1) is 0 Å². The quantitative estimate of drug-likeness (QED) is 0.406. The lowest BCUT2D eigenvalue weighted by atomic mass is 10.2. The van der Waals surface area contributed by atoms with Gasteiger partial charge >= 0.3 is 0 Å². The average molecular weight is 461 g/mol. The van der Waals surface area contributed by atoms with Crippen molar-refractivity contribution in [3.05, 3.63) is 90.8 Å². The van der Waals surface area contributed by atoms with Crippen molar-refractivity contribution in [1.82, 2.24) is 14.5 Å². The molecule has 4 aromatic rings. The number of anilines is 1. The van der Waals surface area contributed by atoms with Gasteiger partial charge in [0.1, 0.15) is 18.1 Å². The third-order valence-corrected chi connectivity index (χ3v) is 5.20. The average Bonchev–Trinajstić information content (AvgIpc) is 3.49. The third-order valence-electron chi connectivity index (χ3n) is 5.20. The predicted octanol–water partition coefficient (Wildman–Crippen LogP) is 4.89. The fourth-order valence-electron chi connectivity index (χ4n) is 3.52. The number of imidazole rings is 1. The van der Waals surface area contributed by atoms with Gasteiger partial charge in [0.2, 0.25) is 17.8 Å². The van der Waals surface area contributed by atoms with Crippen molar-refractivity contribution < 1.29 is 18.4 Å². The van der Waals surface area contributed by atoms with E-state index in [1.165, 1.54) is 23.3 Å². The van der Waals surface area contributed by atoms with Crippen molar-refractivity contribution in [1.29, 1.82) is 0 Å². The zero-order valence-corrected chi connectivity index (χ0v) is 18.9. The van der Waals surface area contributed by atoms with E-state index in [-0.39, 0.29) is 36.7 Å². The fraction of sp³-hybridized carbons (Fsp3) is 0.192. The van der Waals surface area contributed by atoms with Gasteiger partial charge in [-0.2, -0.15) is 0 Å². The molecule has 2 aromatic carbocycles. The van der Waals surface area contributed by atoms with Gasteiger partial charge < -0.3 is 9.32 Å². The Kier molecular flexibility index (Phi) is 6.87. The number of amides is 2. The number of rotatable bonds is 8. The van der Waals surface area contributed by atoms with Crippen LogP contribution >= 0.6 is 0 Å². The van der Waals surface area contributed by atoms with Crippen LogP contribution in [0.3, 0.4) is 0 Å². The smallest absolute Gasteiger partial charge is 0.246 e. The second-order valence-electron chi connectivity index (χ2n) is 8.14. The molecule has 34 heavy (non-hydrogen) atoms. The minimum atomic E-state index is -0.408. The maximum absolute atomic E-state index is 13.5. The number of nitrogens with one attached hydrogen (secondary N) is 1. The summed E-state index contributed by atoms with van der Waals surface area (Å²) in [4.78, 5) is 31.8. The first-order valence-electron chi connectivity index (χ1n) is 10.9. The molecule has 1 N–H and O–H groups in total. The van der Waals surface area contributed by atoms with E-state index < -0.39 is 5.91 Å². The molecule has 7 nitrogen and oxygen atoms in total. The summed E-state index contributed by atoms with van der Waals surface area (Å²) in [6.45, 7) is 3.57. The second-order valence-corrected chi connectivity index (χ2v) is 8.14. The number of carbonyl (C=O) groups excluding carboxylic acids is 2. The highest BCUT2D eigenvalue weighted by molar-refractivity contribution is 5.94. The van der Waals surface area contributed by atoms with Gasteiger partial charge in [-0.3, -0.25) is 19.5 Å². The van der Waals surface area contributed by atoms with Gasteiger partial charge in [0.05, 0.1) is 18.5 Å². The first-order chi connectivity index (χ1) is 16.4. The Morgan fingerprint density at radius 3 is 2.44 bits per heavy atom. The molecule has 4 rings (SSSR count). The van der Waals surface area contributed by atoms with E-state index in [1.54, 1.807) is 48.9 Å². The summed E-state index contributed by atoms with van der Waals surface area (Å²) in [5.74, 6) is -0.369. The predicted molar refractivity (Wildman–Crippen MR) is 127 cm³/mol. The minimum Gasteiger partial charge on any atom is -0.467 e. The second kappa shape index (κ2) is 10.2. The first-order valence-corrected chi connectivity index (χ1v) is 10.9. The number of hydrogen-bond donors (Lipinski definition) is 1. The molecule has 0 bridgehead atoms. The van der Waals surface area contributed by atoms with Crippen molar-refractivity contribution in [2.75, 3.05) is 11.9 Å². The lowest BCUT2D eigenvalue weighted by molar-refractivity contribution is -0.138. The molecule has 8 heteroatoms. The number of carbonyl (C=O) groups is 2. The SMILES string of the molecule is CC(C)C(=O)N(CC(=O)Nc1nc(-c2ccccc2)cn1-c1ccc(F)cc1)Cc1ccco1. The van der Waals surface area contributed by atoms with E-state index in [4.69, 9.17) is 4.42 Å². The van der Waals surface area contributed by atoms with Crippen LogP contribution < -0.4 is 5.32 Å². The van der Waals surface area contributed by atoms with Crippen LogP contribution in [0.25, 0.3) is 16.9 Å². The molecule has 2 aromatic heterocycles. The molecule has 174 valence electrons. The Morgan fingerprint density at radius 2 is 1.79 bits per heavy atom. The monoisotopic (exact) mass is 460 g/mol. The minimum absolute atomic E-state index is 0.168. The number of halogens is 1. The van der Waals surface area contributed by atoms with Crippen molar-refractivity contribution >= 4 is 17.8 Å². The van der Waals surface area contributed by atoms with Crippen LogP contribution in [-0.2, 0) is 16.1 Å². The summed E-state index contributed by atoms with van der Waals surface area (Å²) in [5, 5.41) is 2.81. The molecule has 2 amide bonds. The Balaban J connectivity index is 1.60. The highest BCUT2D eigenvalue weighted by Gasteiger charge is 2.22. The van der Waals surface area contributed by atoms with E-state index in [0.717, 1.165) is 5.56 Å². The largest absolute Gasteiger partial charge is 0.467 e. The molecule has 0 spiro atoms. The standard InChI is InChI=1S/C26H25FN4O3/c1-18(2)25(33)30(15-22-9-6-14-34-22)17-24(32)29-26-28-23(19-7-4-3-5-8-19)16-31(26)21-12-10-20(27)11-13-21/h3-14,16,18H,15,17H2,1-2H3,(H,28,29,32). The van der Waals surface area contributed by atoms with E-state index >= 15 is 0 Å². The van der Waals surface area contributed by atoms with E-state index in [1.807, 2.05) is 30.3 Å². The van der Waals surface area contributed by atoms with Crippen LogP contribution in [-0.4, -0.2) is 32.8 Å². The number of hydrogen-bond acceptors (Lipinski definition) is 4. The summed E-state index contributed by atoms with van der Waals surface area (Å²) in [6, 6.07) is 18.9. The normalized spacial score (nSPS) is 10.9. The molecule has 0 fully saturated rings. The van der Waals surface area contributed by atoms with Gasteiger partial charge in [0.15, 0.2) is 0 Å². The molecular weight excluding hydrogens is 435 g/mol. The van der Waals surface area contributed by atoms with Gasteiger partial charge in [-0.1, -0.05) is 44.2 Å². The lowest BCUT2D eigenvalue weighted by Crippen LogP contribution is -2.39. The van der Waals surface area contributed by atoms with Gasteiger partial charge in [0, 0.05) is 23.4 Å². The molecule has 0 saturated carbocycles. The van der Waals surface area contributed by atoms with Crippen molar-refractivity contribution in [3.63, 3.8) is 0 Å². The third kappa shape index (κ3) is 5.40. The van der Waals surface area contributed by atoms with Crippen molar-refractivity contribution in [3.8, 4) is 16.9 Å². The zero-order valence-electron chi connectivity index (χ0n) is 18.9. The molecule has 0 aliphatic carbocycles. The summed E-state index contributed by atoms with van der Waals surface area (Å²) >= 11 is 0. The fourth-order valence-corrected chi connectivity index (χ4v) is 3.52. The Bertz CT molecular complexity index is 1250. The maximum atomic E-state index is 13.5. The van der Waals surface area contributed by atoms with Crippen LogP contribution in [0.1, 0.15) is 19.6 Å². The number of nitrogens with zero attached hydrogens (tertiary/aromatic N) is 3. The summed E-state index contributed by atoms with van der Waals surface area (Å²) in [6.07, 6.45) is 3.30. The highest BCUT2D eigenvalue weighted by Crippen LogP contribution is 2.24. The van der Waals surface area contributed by atoms with Gasteiger partial charge in [-0.25, -0.2) is 9.37 Å². The summed E-state index contributed by atoms with van der Waals surface area (Å²) in [7, 11) is 0. The maximum Gasteiger partial charge on any atom is 0.246 e. The molecule has 0 unspecified atom stereocenters. The Morgan fingerprint density at radius 1 is 1.06 bits per heavy atom. The molecule has 0 atom stereocenters. The molecule has 0 aliphatic heterocycles. The van der Waals surface area contributed by atoms with E-state index in [0.29, 0.717) is 17.1 Å². The highest BCUT2D eigenvalue weighted by atomic mass is 19.1. The summed E-state index contributed by atoms with van der Waals surface area (Å²) in [5.41, 5.74) is 2.15. The van der Waals surface area contributed by atoms with Crippen LogP contribution in [0.4, 0.5) is 10.3 Å².